The molecule has 4 aromatic rings. The summed E-state index contributed by atoms with van der Waals surface area (Å²) in [5.74, 6) is 6.30. The summed E-state index contributed by atoms with van der Waals surface area (Å²) in [5.41, 5.74) is 8.66. The van der Waals surface area contributed by atoms with Crippen molar-refractivity contribution in [2.24, 2.45) is 5.92 Å². The highest BCUT2D eigenvalue weighted by Crippen LogP contribution is 2.41. The van der Waals surface area contributed by atoms with E-state index in [0.717, 1.165) is 51.0 Å². The molecule has 186 valence electrons. The maximum atomic E-state index is 14.8. The molecule has 3 aromatic heterocycles. The van der Waals surface area contributed by atoms with Gasteiger partial charge in [0.05, 0.1) is 29.9 Å². The summed E-state index contributed by atoms with van der Waals surface area (Å²) in [5, 5.41) is 19.9. The molecule has 2 aliphatic rings. The number of hydrogen-bond donors (Lipinski definition) is 2. The topological polar surface area (TPSA) is 114 Å². The second-order valence-corrected chi connectivity index (χ2v) is 9.44. The number of aliphatic hydroxyl groups is 1. The minimum atomic E-state index is -0.554. The lowest BCUT2D eigenvalue weighted by Crippen LogP contribution is -2.47. The fourth-order valence-corrected chi connectivity index (χ4v) is 4.88. The van der Waals surface area contributed by atoms with Crippen LogP contribution in [-0.2, 0) is 6.54 Å². The number of nitrogens with two attached hydrogens (primary N) is 1. The lowest BCUT2D eigenvalue weighted by molar-refractivity contribution is 0.153. The van der Waals surface area contributed by atoms with E-state index in [1.54, 1.807) is 19.2 Å². The Kier molecular flexibility index (Phi) is 5.70. The summed E-state index contributed by atoms with van der Waals surface area (Å²) in [4.78, 5) is 13.4. The van der Waals surface area contributed by atoms with Crippen molar-refractivity contribution in [1.29, 1.82) is 0 Å². The van der Waals surface area contributed by atoms with E-state index in [1.807, 2.05) is 10.7 Å². The number of anilines is 2. The Labute approximate surface area is 207 Å². The van der Waals surface area contributed by atoms with Gasteiger partial charge in [-0.15, -0.1) is 5.10 Å². The zero-order valence-electron chi connectivity index (χ0n) is 20.1. The van der Waals surface area contributed by atoms with Crippen LogP contribution >= 0.6 is 0 Å². The molecule has 0 radical (unpaired) electrons. The van der Waals surface area contributed by atoms with E-state index in [0.29, 0.717) is 34.9 Å². The first-order chi connectivity index (χ1) is 17.5. The van der Waals surface area contributed by atoms with Crippen molar-refractivity contribution in [2.75, 3.05) is 43.4 Å². The molecule has 36 heavy (non-hydrogen) atoms. The average molecular weight is 490 g/mol. The molecule has 1 saturated heterocycles. The Morgan fingerprint density at radius 2 is 1.94 bits per heavy atom. The molecule has 11 heteroatoms. The molecule has 1 saturated carbocycles. The molecule has 1 unspecified atom stereocenters. The van der Waals surface area contributed by atoms with Crippen LogP contribution in [0.5, 0.6) is 0 Å². The normalized spacial score (nSPS) is 17.5. The van der Waals surface area contributed by atoms with Crippen molar-refractivity contribution < 1.29 is 9.50 Å². The number of hydrogen-bond acceptors (Lipinski definition) is 8. The van der Waals surface area contributed by atoms with Crippen LogP contribution in [0.1, 0.15) is 37.3 Å². The molecule has 1 aliphatic carbocycles. The fraction of sp³-hybridized carbons (Fsp3) is 0.440. The third-order valence-electron chi connectivity index (χ3n) is 7.06. The van der Waals surface area contributed by atoms with Crippen LogP contribution in [0.3, 0.4) is 0 Å². The van der Waals surface area contributed by atoms with Crippen molar-refractivity contribution in [3.05, 3.63) is 41.6 Å². The largest absolute Gasteiger partial charge is 0.388 e. The molecular formula is C25H28FN9O. The first-order valence-electron chi connectivity index (χ1n) is 12.3. The summed E-state index contributed by atoms with van der Waals surface area (Å²) in [6.45, 7) is 6.24. The minimum Gasteiger partial charge on any atom is -0.388 e. The van der Waals surface area contributed by atoms with Gasteiger partial charge < -0.3 is 15.7 Å². The Hall–Kier alpha value is -3.75. The number of nitrogens with zero attached hydrogens (tertiary/aromatic N) is 8. The summed E-state index contributed by atoms with van der Waals surface area (Å²) in [7, 11) is 0. The second-order valence-electron chi connectivity index (χ2n) is 9.44. The smallest absolute Gasteiger partial charge is 0.226 e. The molecule has 2 fully saturated rings. The number of nitrogen functional groups attached to an aromatic ring is 1. The third-order valence-corrected chi connectivity index (χ3v) is 7.06. The van der Waals surface area contributed by atoms with Gasteiger partial charge in [-0.25, -0.2) is 9.07 Å². The zero-order chi connectivity index (χ0) is 24.8. The molecule has 3 N–H and O–H groups in total. The van der Waals surface area contributed by atoms with Crippen molar-refractivity contribution >= 4 is 28.3 Å². The molecule has 0 amide bonds. The third kappa shape index (κ3) is 4.12. The molecule has 10 nitrogen and oxygen atoms in total. The molecule has 1 aliphatic heterocycles. The lowest BCUT2D eigenvalue weighted by atomic mass is 10.0. The maximum Gasteiger partial charge on any atom is 0.226 e. The lowest BCUT2D eigenvalue weighted by Gasteiger charge is -2.36. The Balaban J connectivity index is 1.10. The minimum absolute atomic E-state index is 0.238. The SMILES string of the molecule is CC#Cc1nc2c3cnn(CCN4CCN(c5ccc(C(O)C6CC6)cc5F)CC4)c3nc(N)n2n1. The van der Waals surface area contributed by atoms with E-state index in [-0.39, 0.29) is 17.7 Å². The van der Waals surface area contributed by atoms with Gasteiger partial charge in [0.1, 0.15) is 5.82 Å². The van der Waals surface area contributed by atoms with E-state index in [4.69, 9.17) is 5.73 Å². The van der Waals surface area contributed by atoms with Gasteiger partial charge in [-0.1, -0.05) is 12.0 Å². The molecular weight excluding hydrogens is 461 g/mol. The fourth-order valence-electron chi connectivity index (χ4n) is 4.88. The molecule has 0 spiro atoms. The van der Waals surface area contributed by atoms with Gasteiger partial charge in [-0.05, 0) is 49.3 Å². The van der Waals surface area contributed by atoms with Crippen LogP contribution in [0.4, 0.5) is 16.0 Å². The van der Waals surface area contributed by atoms with Gasteiger partial charge in [0.25, 0.3) is 0 Å². The van der Waals surface area contributed by atoms with Gasteiger partial charge in [-0.3, -0.25) is 4.90 Å². The monoisotopic (exact) mass is 489 g/mol. The molecule has 6 rings (SSSR count). The van der Waals surface area contributed by atoms with Crippen LogP contribution in [0.2, 0.25) is 0 Å². The number of aliphatic hydroxyl groups excluding tert-OH is 1. The molecule has 1 atom stereocenters. The first-order valence-corrected chi connectivity index (χ1v) is 12.3. The highest BCUT2D eigenvalue weighted by atomic mass is 19.1. The van der Waals surface area contributed by atoms with Crippen molar-refractivity contribution in [3.8, 4) is 11.8 Å². The second kappa shape index (κ2) is 9.04. The van der Waals surface area contributed by atoms with Gasteiger partial charge in [-0.2, -0.15) is 19.6 Å². The van der Waals surface area contributed by atoms with Gasteiger partial charge in [0.2, 0.25) is 11.8 Å². The van der Waals surface area contributed by atoms with E-state index in [2.05, 4.69) is 41.8 Å². The van der Waals surface area contributed by atoms with Crippen LogP contribution in [0.25, 0.3) is 16.7 Å². The average Bonchev–Trinajstić information content (AvgIpc) is 3.52. The van der Waals surface area contributed by atoms with Crippen molar-refractivity contribution in [3.63, 3.8) is 0 Å². The summed E-state index contributed by atoms with van der Waals surface area (Å²) >= 11 is 0. The summed E-state index contributed by atoms with van der Waals surface area (Å²) < 4.78 is 18.2. The molecule has 0 bridgehead atoms. The van der Waals surface area contributed by atoms with E-state index >= 15 is 0 Å². The molecule has 1 aromatic carbocycles. The van der Waals surface area contributed by atoms with Gasteiger partial charge in [0.15, 0.2) is 11.3 Å². The number of halogens is 1. The molecule has 4 heterocycles. The standard InChI is InChI=1S/C25H28FN9O/c1-2-3-21-29-24-18-15-28-34(23(18)30-25(27)35(24)31-21)13-10-32-8-11-33(12-9-32)20-7-6-17(14-19(20)26)22(36)16-4-5-16/h6-7,14-16,22,36H,4-5,8-13H2,1H3,(H2,27,30). The zero-order valence-corrected chi connectivity index (χ0v) is 20.1. The highest BCUT2D eigenvalue weighted by Gasteiger charge is 2.31. The van der Waals surface area contributed by atoms with E-state index in [1.165, 1.54) is 10.6 Å². The Morgan fingerprint density at radius 1 is 1.14 bits per heavy atom. The first kappa shape index (κ1) is 22.7. The van der Waals surface area contributed by atoms with Crippen LogP contribution in [0, 0.1) is 23.6 Å². The predicted octanol–water partition coefficient (Wildman–Crippen LogP) is 1.83. The number of rotatable bonds is 6. The van der Waals surface area contributed by atoms with E-state index in [9.17, 15) is 9.50 Å². The number of benzene rings is 1. The van der Waals surface area contributed by atoms with Gasteiger partial charge in [0, 0.05) is 32.7 Å². The summed E-state index contributed by atoms with van der Waals surface area (Å²) in [6, 6.07) is 5.16. The number of piperazine rings is 1. The summed E-state index contributed by atoms with van der Waals surface area (Å²) in [6.07, 6.45) is 3.22. The van der Waals surface area contributed by atoms with Crippen LogP contribution in [0.15, 0.2) is 24.4 Å². The van der Waals surface area contributed by atoms with Crippen molar-refractivity contribution in [1.82, 2.24) is 34.3 Å². The van der Waals surface area contributed by atoms with Crippen LogP contribution in [-0.4, -0.2) is 72.1 Å². The highest BCUT2D eigenvalue weighted by molar-refractivity contribution is 5.89. The van der Waals surface area contributed by atoms with Crippen LogP contribution < -0.4 is 10.6 Å². The van der Waals surface area contributed by atoms with Gasteiger partial charge >= 0.3 is 0 Å². The predicted molar refractivity (Wildman–Crippen MR) is 134 cm³/mol. The van der Waals surface area contributed by atoms with E-state index < -0.39 is 6.10 Å². The maximum absolute atomic E-state index is 14.8. The number of aromatic nitrogens is 6. The Bertz CT molecular complexity index is 1490. The number of fused-ring (bicyclic) bond motifs is 3. The Morgan fingerprint density at radius 3 is 2.67 bits per heavy atom. The van der Waals surface area contributed by atoms with Crippen molar-refractivity contribution in [2.45, 2.75) is 32.4 Å². The quantitative estimate of drug-likeness (QED) is 0.395.